The van der Waals surface area contributed by atoms with E-state index in [1.54, 1.807) is 4.90 Å². The first-order valence-electron chi connectivity index (χ1n) is 13.4. The van der Waals surface area contributed by atoms with Crippen LogP contribution in [0.25, 0.3) is 11.4 Å². The van der Waals surface area contributed by atoms with Crippen molar-refractivity contribution in [2.24, 2.45) is 0 Å². The molecule has 2 fully saturated rings. The van der Waals surface area contributed by atoms with E-state index in [1.807, 2.05) is 37.3 Å². The molecule has 0 spiro atoms. The van der Waals surface area contributed by atoms with Gasteiger partial charge in [-0.15, -0.1) is 0 Å². The minimum absolute atomic E-state index is 0.0390. The molecule has 12 nitrogen and oxygen atoms in total. The number of anilines is 1. The van der Waals surface area contributed by atoms with Crippen LogP contribution < -0.4 is 10.6 Å². The Hall–Kier alpha value is -3.72. The Kier molecular flexibility index (Phi) is 10.7. The fraction of sp³-hybridized carbons (Fsp3) is 0.481. The van der Waals surface area contributed by atoms with Crippen LogP contribution in [0.5, 0.6) is 0 Å². The first kappa shape index (κ1) is 29.3. The molecule has 2 saturated heterocycles. The number of unbranched alkanes of at least 4 members (excludes halogenated alkanes) is 1. The molecule has 1 aromatic carbocycles. The van der Waals surface area contributed by atoms with Gasteiger partial charge >= 0.3 is 227 Å². The Morgan fingerprint density at radius 3 is 2.58 bits per heavy atom. The first-order valence-corrected chi connectivity index (χ1v) is 14.2. The van der Waals surface area contributed by atoms with Crippen molar-refractivity contribution < 1.29 is 28.4 Å². The number of ether oxygens (including phenoxy) is 2. The summed E-state index contributed by atoms with van der Waals surface area (Å²) in [5, 5.41) is 5.89. The van der Waals surface area contributed by atoms with Gasteiger partial charge in [0.2, 0.25) is 0 Å². The van der Waals surface area contributed by atoms with Crippen LogP contribution in [0.1, 0.15) is 36.7 Å². The minimum atomic E-state index is -1.27. The van der Waals surface area contributed by atoms with Crippen molar-refractivity contribution in [3.05, 3.63) is 42.1 Å². The standard InChI is InChI=1S/C27H33N6O6P/c1-2-3-14-39-27(36)33-12-10-32(11-13-33)26(35)22(18-40-37)30-25(34)21-16-23(28-20-9-15-38-17-20)31-24(29-21)19-7-5-4-6-8-19/h4-8,16,20,22H,2-3,9-15,17H2,1H3,(H,30,34)(H,28,29,31)/t20-,22+/m1/s1. The van der Waals surface area contributed by atoms with Gasteiger partial charge in [0.15, 0.2) is 0 Å². The molecule has 40 heavy (non-hydrogen) atoms. The third-order valence-corrected chi connectivity index (χ3v) is 6.91. The van der Waals surface area contributed by atoms with Gasteiger partial charge < -0.3 is 0 Å². The molecule has 2 aliphatic rings. The molecule has 4 rings (SSSR count). The molecular formula is C27H33N6O6P. The van der Waals surface area contributed by atoms with Gasteiger partial charge in [0.05, 0.1) is 0 Å². The van der Waals surface area contributed by atoms with Crippen molar-refractivity contribution in [2.45, 2.75) is 38.3 Å². The number of rotatable bonds is 9. The van der Waals surface area contributed by atoms with Gasteiger partial charge in [-0.05, 0) is 0 Å². The van der Waals surface area contributed by atoms with Crippen molar-refractivity contribution in [3.63, 3.8) is 0 Å². The van der Waals surface area contributed by atoms with Crippen molar-refractivity contribution in [2.75, 3.05) is 51.3 Å². The third kappa shape index (κ3) is 7.91. The van der Waals surface area contributed by atoms with Gasteiger partial charge in [-0.2, -0.15) is 0 Å². The van der Waals surface area contributed by atoms with E-state index in [2.05, 4.69) is 26.2 Å². The summed E-state index contributed by atoms with van der Waals surface area (Å²) in [6.45, 7) is 4.60. The van der Waals surface area contributed by atoms with E-state index in [0.29, 0.717) is 44.6 Å². The zero-order valence-electron chi connectivity index (χ0n) is 22.4. The topological polar surface area (TPSA) is 143 Å². The SMILES string of the molecule is CCCCOC(=O)N1CCN(C(=O)[C@H](C#P=O)NC(=O)c2cc(N[C@@H]3CCOC3)nc(-c3ccccc3)n2)CC1. The van der Waals surface area contributed by atoms with E-state index < -0.39 is 31.9 Å². The molecule has 3 heterocycles. The normalized spacial score (nSPS) is 17.5. The van der Waals surface area contributed by atoms with Crippen LogP contribution in [0, 0.1) is 5.63 Å². The summed E-state index contributed by atoms with van der Waals surface area (Å²) in [5.74, 6) is -0.323. The number of nitrogens with zero attached hydrogens (tertiary/aromatic N) is 4. The van der Waals surface area contributed by atoms with E-state index in [0.717, 1.165) is 24.8 Å². The van der Waals surface area contributed by atoms with Crippen LogP contribution in [0.3, 0.4) is 0 Å². The average molecular weight is 569 g/mol. The van der Waals surface area contributed by atoms with Crippen LogP contribution in [0.2, 0.25) is 0 Å². The van der Waals surface area contributed by atoms with Crippen LogP contribution in [0.4, 0.5) is 10.6 Å². The van der Waals surface area contributed by atoms with Gasteiger partial charge in [0, 0.05) is 0 Å². The second kappa shape index (κ2) is 14.6. The number of hydrogen-bond acceptors (Lipinski definition) is 9. The molecule has 0 saturated carbocycles. The molecule has 2 N–H and O–H groups in total. The van der Waals surface area contributed by atoms with Gasteiger partial charge in [0.25, 0.3) is 0 Å². The molecule has 2 aromatic rings. The Morgan fingerprint density at radius 1 is 1.15 bits per heavy atom. The fourth-order valence-corrected chi connectivity index (χ4v) is 4.59. The molecule has 0 radical (unpaired) electrons. The number of carbonyl (C=O) groups is 3. The van der Waals surface area contributed by atoms with E-state index in [-0.39, 0.29) is 24.8 Å². The molecule has 0 bridgehead atoms. The number of aromatic nitrogens is 2. The summed E-state index contributed by atoms with van der Waals surface area (Å²) in [5.41, 5.74) is 3.24. The molecule has 2 atom stereocenters. The number of amides is 3. The first-order chi connectivity index (χ1) is 19.5. The molecule has 13 heteroatoms. The van der Waals surface area contributed by atoms with Gasteiger partial charge in [-0.25, -0.2) is 0 Å². The van der Waals surface area contributed by atoms with Crippen molar-refractivity contribution in [3.8, 4) is 17.0 Å². The van der Waals surface area contributed by atoms with Crippen LogP contribution in [-0.2, 0) is 18.8 Å². The molecule has 0 aliphatic carbocycles. The Morgan fingerprint density at radius 2 is 1.90 bits per heavy atom. The monoisotopic (exact) mass is 568 g/mol. The van der Waals surface area contributed by atoms with E-state index in [4.69, 9.17) is 9.47 Å². The summed E-state index contributed by atoms with van der Waals surface area (Å²) in [6, 6.07) is 9.52. The van der Waals surface area contributed by atoms with Crippen LogP contribution in [-0.4, -0.2) is 95.8 Å². The zero-order chi connectivity index (χ0) is 28.3. The summed E-state index contributed by atoms with van der Waals surface area (Å²) < 4.78 is 22.1. The molecule has 2 aliphatic heterocycles. The quantitative estimate of drug-likeness (QED) is 0.345. The van der Waals surface area contributed by atoms with Crippen LogP contribution in [0.15, 0.2) is 36.4 Å². The number of carbonyl (C=O) groups excluding carboxylic acids is 3. The molecule has 0 unspecified atom stereocenters. The van der Waals surface area contributed by atoms with Gasteiger partial charge in [-0.3, -0.25) is 0 Å². The number of benzene rings is 1. The maximum atomic E-state index is 13.3. The fourth-order valence-electron chi connectivity index (χ4n) is 4.31. The van der Waals surface area contributed by atoms with E-state index in [9.17, 15) is 18.9 Å². The van der Waals surface area contributed by atoms with Crippen molar-refractivity contribution in [1.29, 1.82) is 0 Å². The van der Waals surface area contributed by atoms with Gasteiger partial charge in [0.1, 0.15) is 0 Å². The number of hydrogen-bond donors (Lipinski definition) is 2. The van der Waals surface area contributed by atoms with Crippen molar-refractivity contribution >= 4 is 31.6 Å². The predicted molar refractivity (Wildman–Crippen MR) is 147 cm³/mol. The Labute approximate surface area is 233 Å². The summed E-state index contributed by atoms with van der Waals surface area (Å²) in [4.78, 5) is 50.8. The third-order valence-electron chi connectivity index (χ3n) is 6.55. The Balaban J connectivity index is 1.45. The van der Waals surface area contributed by atoms with Crippen LogP contribution >= 0.6 is 7.92 Å². The van der Waals surface area contributed by atoms with E-state index >= 15 is 0 Å². The van der Waals surface area contributed by atoms with Gasteiger partial charge in [-0.1, -0.05) is 6.92 Å². The molecule has 212 valence electrons. The summed E-state index contributed by atoms with van der Waals surface area (Å²) in [7, 11) is -0.531. The Bertz CT molecular complexity index is 1290. The zero-order valence-corrected chi connectivity index (χ0v) is 23.3. The van der Waals surface area contributed by atoms with E-state index in [1.165, 1.54) is 11.0 Å². The average Bonchev–Trinajstić information content (AvgIpc) is 3.50. The second-order valence-electron chi connectivity index (χ2n) is 9.44. The molecule has 1 aromatic heterocycles. The summed E-state index contributed by atoms with van der Waals surface area (Å²) in [6.07, 6.45) is 2.11. The second-order valence-corrected chi connectivity index (χ2v) is 9.88. The molecular weight excluding hydrogens is 535 g/mol. The predicted octanol–water partition coefficient (Wildman–Crippen LogP) is 2.77. The molecule has 3 amide bonds. The number of piperazine rings is 1. The van der Waals surface area contributed by atoms with Crippen molar-refractivity contribution in [1.82, 2.24) is 25.1 Å². The number of nitrogens with one attached hydrogen (secondary N) is 2. The maximum absolute atomic E-state index is 13.3. The summed E-state index contributed by atoms with van der Waals surface area (Å²) >= 11 is 0.